The SMILES string of the molecule is CN(C)C(=O)c1cc2c(nc(C3CC3)n2C)c2c1CCC(c1ccccc1)O2. The predicted molar refractivity (Wildman–Crippen MR) is 109 cm³/mol. The second kappa shape index (κ2) is 6.36. The number of benzene rings is 2. The molecule has 0 spiro atoms. The molecule has 0 N–H and O–H groups in total. The van der Waals surface area contributed by atoms with Gasteiger partial charge in [-0.05, 0) is 37.3 Å². The summed E-state index contributed by atoms with van der Waals surface area (Å²) in [5.41, 5.74) is 4.79. The van der Waals surface area contributed by atoms with Crippen LogP contribution in [0.2, 0.25) is 0 Å². The Kier molecular flexibility index (Phi) is 3.93. The van der Waals surface area contributed by atoms with E-state index in [-0.39, 0.29) is 12.0 Å². The van der Waals surface area contributed by atoms with Gasteiger partial charge in [-0.2, -0.15) is 0 Å². The lowest BCUT2D eigenvalue weighted by atomic mass is 9.93. The number of hydrogen-bond donors (Lipinski definition) is 0. The van der Waals surface area contributed by atoms with Gasteiger partial charge in [0.15, 0.2) is 5.75 Å². The van der Waals surface area contributed by atoms with Crippen molar-refractivity contribution in [2.75, 3.05) is 14.1 Å². The molecule has 0 saturated heterocycles. The molecular formula is C23H25N3O2. The van der Waals surface area contributed by atoms with Gasteiger partial charge in [-0.1, -0.05) is 30.3 Å². The van der Waals surface area contributed by atoms with Crippen LogP contribution in [0.5, 0.6) is 5.75 Å². The average molecular weight is 375 g/mol. The van der Waals surface area contributed by atoms with E-state index in [9.17, 15) is 4.79 Å². The topological polar surface area (TPSA) is 47.4 Å². The number of carbonyl (C=O) groups is 1. The van der Waals surface area contributed by atoms with Crippen molar-refractivity contribution in [3.63, 3.8) is 0 Å². The first kappa shape index (κ1) is 17.3. The Morgan fingerprint density at radius 3 is 2.61 bits per heavy atom. The number of imidazole rings is 1. The fourth-order valence-electron chi connectivity index (χ4n) is 4.24. The molecule has 1 saturated carbocycles. The Labute approximate surface area is 164 Å². The molecule has 1 fully saturated rings. The highest BCUT2D eigenvalue weighted by Crippen LogP contribution is 2.45. The van der Waals surface area contributed by atoms with Gasteiger partial charge in [0.2, 0.25) is 0 Å². The largest absolute Gasteiger partial charge is 0.483 e. The molecule has 0 radical (unpaired) electrons. The van der Waals surface area contributed by atoms with Crippen LogP contribution >= 0.6 is 0 Å². The predicted octanol–water partition coefficient (Wildman–Crippen LogP) is 4.22. The zero-order valence-corrected chi connectivity index (χ0v) is 16.6. The van der Waals surface area contributed by atoms with E-state index in [1.807, 2.05) is 24.3 Å². The quantitative estimate of drug-likeness (QED) is 0.689. The maximum Gasteiger partial charge on any atom is 0.253 e. The first-order valence-corrected chi connectivity index (χ1v) is 10.00. The summed E-state index contributed by atoms with van der Waals surface area (Å²) in [6, 6.07) is 12.3. The first-order chi connectivity index (χ1) is 13.5. The van der Waals surface area contributed by atoms with Crippen molar-refractivity contribution >= 4 is 16.9 Å². The lowest BCUT2D eigenvalue weighted by Crippen LogP contribution is -2.25. The molecule has 5 nitrogen and oxygen atoms in total. The maximum atomic E-state index is 12.9. The molecule has 2 aliphatic rings. The molecule has 1 amide bonds. The molecule has 1 unspecified atom stereocenters. The van der Waals surface area contributed by atoms with Crippen LogP contribution in [-0.2, 0) is 13.5 Å². The van der Waals surface area contributed by atoms with Gasteiger partial charge in [0.25, 0.3) is 5.91 Å². The summed E-state index contributed by atoms with van der Waals surface area (Å²) in [6.45, 7) is 0. The third-order valence-corrected chi connectivity index (χ3v) is 5.94. The molecule has 0 bridgehead atoms. The molecule has 144 valence electrons. The molecule has 5 heteroatoms. The summed E-state index contributed by atoms with van der Waals surface area (Å²) >= 11 is 0. The summed E-state index contributed by atoms with van der Waals surface area (Å²) in [6.07, 6.45) is 4.05. The van der Waals surface area contributed by atoms with E-state index in [4.69, 9.17) is 9.72 Å². The minimum atomic E-state index is -0.00649. The summed E-state index contributed by atoms with van der Waals surface area (Å²) in [5.74, 6) is 2.46. The molecule has 2 heterocycles. The zero-order valence-electron chi connectivity index (χ0n) is 16.6. The van der Waals surface area contributed by atoms with Crippen molar-refractivity contribution in [2.24, 2.45) is 7.05 Å². The van der Waals surface area contributed by atoms with E-state index in [1.165, 1.54) is 18.4 Å². The minimum Gasteiger partial charge on any atom is -0.483 e. The Morgan fingerprint density at radius 2 is 1.93 bits per heavy atom. The van der Waals surface area contributed by atoms with Crippen LogP contribution in [0.15, 0.2) is 36.4 Å². The molecule has 1 aromatic heterocycles. The standard InChI is InChI=1S/C23H25N3O2/c1-25(2)23(27)17-13-18-20(24-22(26(18)3)15-9-10-15)21-16(17)11-12-19(28-21)14-7-5-4-6-8-14/h4-8,13,15,19H,9-12H2,1-3H3. The monoisotopic (exact) mass is 375 g/mol. The van der Waals surface area contributed by atoms with Crippen molar-refractivity contribution in [2.45, 2.75) is 37.7 Å². The molecule has 3 aromatic rings. The van der Waals surface area contributed by atoms with Gasteiger partial charge in [0.1, 0.15) is 17.4 Å². The highest BCUT2D eigenvalue weighted by Gasteiger charge is 2.33. The highest BCUT2D eigenvalue weighted by atomic mass is 16.5. The number of nitrogens with zero attached hydrogens (tertiary/aromatic N) is 3. The lowest BCUT2D eigenvalue weighted by Gasteiger charge is -2.28. The minimum absolute atomic E-state index is 0.00649. The van der Waals surface area contributed by atoms with Crippen LogP contribution in [0.3, 0.4) is 0 Å². The van der Waals surface area contributed by atoms with E-state index in [0.717, 1.165) is 46.6 Å². The second-order valence-electron chi connectivity index (χ2n) is 8.16. The lowest BCUT2D eigenvalue weighted by molar-refractivity contribution is 0.0823. The molecule has 1 aliphatic heterocycles. The normalized spacial score (nSPS) is 18.6. The van der Waals surface area contributed by atoms with E-state index in [2.05, 4.69) is 23.7 Å². The summed E-state index contributed by atoms with van der Waals surface area (Å²) in [4.78, 5) is 19.5. The number of rotatable bonds is 3. The number of fused-ring (bicyclic) bond motifs is 3. The van der Waals surface area contributed by atoms with Gasteiger partial charge in [-0.25, -0.2) is 4.98 Å². The number of hydrogen-bond acceptors (Lipinski definition) is 3. The smallest absolute Gasteiger partial charge is 0.253 e. The molecular weight excluding hydrogens is 350 g/mol. The van der Waals surface area contributed by atoms with E-state index < -0.39 is 0 Å². The average Bonchev–Trinajstić information content (AvgIpc) is 3.51. The zero-order chi connectivity index (χ0) is 19.4. The Morgan fingerprint density at radius 1 is 1.18 bits per heavy atom. The van der Waals surface area contributed by atoms with Crippen molar-refractivity contribution < 1.29 is 9.53 Å². The van der Waals surface area contributed by atoms with Crippen LogP contribution in [0, 0.1) is 0 Å². The third-order valence-electron chi connectivity index (χ3n) is 5.94. The first-order valence-electron chi connectivity index (χ1n) is 10.00. The van der Waals surface area contributed by atoms with Crippen molar-refractivity contribution in [3.05, 3.63) is 58.9 Å². The van der Waals surface area contributed by atoms with Crippen molar-refractivity contribution in [1.29, 1.82) is 0 Å². The van der Waals surface area contributed by atoms with Crippen LogP contribution < -0.4 is 4.74 Å². The van der Waals surface area contributed by atoms with Gasteiger partial charge < -0.3 is 14.2 Å². The summed E-state index contributed by atoms with van der Waals surface area (Å²) < 4.78 is 8.67. The van der Waals surface area contributed by atoms with Crippen LogP contribution in [0.1, 0.15) is 58.6 Å². The highest BCUT2D eigenvalue weighted by molar-refractivity contribution is 6.01. The molecule has 1 aliphatic carbocycles. The van der Waals surface area contributed by atoms with Gasteiger partial charge in [-0.3, -0.25) is 4.79 Å². The fourth-order valence-corrected chi connectivity index (χ4v) is 4.24. The summed E-state index contributed by atoms with van der Waals surface area (Å²) in [7, 11) is 5.65. The molecule has 2 aromatic carbocycles. The Bertz CT molecular complexity index is 1060. The second-order valence-corrected chi connectivity index (χ2v) is 8.16. The molecule has 1 atom stereocenters. The fraction of sp³-hybridized carbons (Fsp3) is 0.391. The molecule has 5 rings (SSSR count). The van der Waals surface area contributed by atoms with Crippen LogP contribution in [0.25, 0.3) is 11.0 Å². The Balaban J connectivity index is 1.69. The number of amides is 1. The van der Waals surface area contributed by atoms with Gasteiger partial charge in [-0.15, -0.1) is 0 Å². The van der Waals surface area contributed by atoms with E-state index in [1.54, 1.807) is 19.0 Å². The van der Waals surface area contributed by atoms with Gasteiger partial charge in [0, 0.05) is 38.2 Å². The number of carbonyl (C=O) groups excluding carboxylic acids is 1. The van der Waals surface area contributed by atoms with Crippen molar-refractivity contribution in [3.8, 4) is 5.75 Å². The molecule has 28 heavy (non-hydrogen) atoms. The van der Waals surface area contributed by atoms with E-state index >= 15 is 0 Å². The Hall–Kier alpha value is -2.82. The summed E-state index contributed by atoms with van der Waals surface area (Å²) in [5, 5.41) is 0. The van der Waals surface area contributed by atoms with Crippen LogP contribution in [-0.4, -0.2) is 34.5 Å². The third kappa shape index (κ3) is 2.68. The van der Waals surface area contributed by atoms with Crippen molar-refractivity contribution in [1.82, 2.24) is 14.5 Å². The number of aryl methyl sites for hydroxylation is 1. The maximum absolute atomic E-state index is 12.9. The van der Waals surface area contributed by atoms with E-state index in [0.29, 0.717) is 5.92 Å². The number of aromatic nitrogens is 2. The number of ether oxygens (including phenoxy) is 1. The van der Waals surface area contributed by atoms with Gasteiger partial charge >= 0.3 is 0 Å². The van der Waals surface area contributed by atoms with Gasteiger partial charge in [0.05, 0.1) is 5.52 Å². The van der Waals surface area contributed by atoms with Crippen LogP contribution in [0.4, 0.5) is 0 Å².